The molecule has 0 N–H and O–H groups in total. The molecule has 0 aliphatic carbocycles. The van der Waals surface area contributed by atoms with Crippen LogP contribution in [-0.2, 0) is 21.7 Å². The van der Waals surface area contributed by atoms with Crippen LogP contribution in [0.5, 0.6) is 0 Å². The molecule has 0 atom stereocenters. The SMILES string of the molecule is CC(C)(C)c1ccc(N(c2ccc(C(C)(C)C)cc2-c2ccc3ccc4cccc5ccc2c3c45)c2cc(C(C)(C)C)cc(N(c3ccccc3)c3csc4ccc(C(C)(C)C)cc34)c2Cl)cc1. The number of rotatable bonds is 7. The summed E-state index contributed by atoms with van der Waals surface area (Å²) in [6, 6.07) is 59.2. The molecule has 0 bridgehead atoms. The first kappa shape index (κ1) is 45.6. The third kappa shape index (κ3) is 8.12. The first-order valence-electron chi connectivity index (χ1n) is 24.1. The van der Waals surface area contributed by atoms with Crippen molar-refractivity contribution in [1.82, 2.24) is 0 Å². The highest BCUT2D eigenvalue weighted by Gasteiger charge is 2.31. The number of hydrogen-bond acceptors (Lipinski definition) is 3. The maximum absolute atomic E-state index is 8.27. The number of hydrogen-bond donors (Lipinski definition) is 0. The lowest BCUT2D eigenvalue weighted by molar-refractivity contribution is 0.589. The molecule has 10 rings (SSSR count). The molecule has 0 fully saturated rings. The second-order valence-corrected chi connectivity index (χ2v) is 24.2. The molecule has 0 spiro atoms. The number of fused-ring (bicyclic) bond motifs is 1. The van der Waals surface area contributed by atoms with E-state index < -0.39 is 0 Å². The van der Waals surface area contributed by atoms with Gasteiger partial charge in [0.1, 0.15) is 0 Å². The van der Waals surface area contributed by atoms with Crippen molar-refractivity contribution in [3.8, 4) is 11.1 Å². The zero-order valence-corrected chi connectivity index (χ0v) is 43.3. The fourth-order valence-electron chi connectivity index (χ4n) is 9.89. The molecule has 0 aliphatic rings. The van der Waals surface area contributed by atoms with Gasteiger partial charge in [0, 0.05) is 32.4 Å². The Kier molecular flexibility index (Phi) is 11.1. The van der Waals surface area contributed by atoms with E-state index >= 15 is 0 Å². The summed E-state index contributed by atoms with van der Waals surface area (Å²) in [4.78, 5) is 4.84. The number of para-hydroxylation sites is 1. The van der Waals surface area contributed by atoms with Crippen molar-refractivity contribution in [2.75, 3.05) is 9.80 Å². The number of thiophene rings is 1. The smallest absolute Gasteiger partial charge is 0.0887 e. The van der Waals surface area contributed by atoms with Crippen molar-refractivity contribution in [3.05, 3.63) is 190 Å². The van der Waals surface area contributed by atoms with Gasteiger partial charge >= 0.3 is 0 Å². The molecule has 0 aliphatic heterocycles. The number of benzene rings is 9. The zero-order chi connectivity index (χ0) is 48.1. The Morgan fingerprint density at radius 2 is 0.882 bits per heavy atom. The summed E-state index contributed by atoms with van der Waals surface area (Å²) in [6.45, 7) is 27.6. The van der Waals surface area contributed by atoms with Gasteiger partial charge < -0.3 is 9.80 Å². The molecule has 10 aromatic rings. The molecule has 0 saturated heterocycles. The predicted octanol–water partition coefficient (Wildman–Crippen LogP) is 20.2. The Labute approximate surface area is 413 Å². The summed E-state index contributed by atoms with van der Waals surface area (Å²) in [7, 11) is 0. The van der Waals surface area contributed by atoms with Gasteiger partial charge in [-0.2, -0.15) is 0 Å². The standard InChI is InChI=1S/C64H63ClN2S/c1-61(2,3)43-25-29-48(30-26-43)66(53-33-27-44(62(4,5)6)35-51(53)49-31-23-42-22-21-40-17-16-18-41-24-32-50(49)59(42)58(40)41)54-37-46(64(10,11)12)38-55(60(54)65)67(47-19-14-13-15-20-47)56-39-68-57-34-28-45(36-52(56)57)63(7,8)9/h13-39H,1-12H3. The van der Waals surface area contributed by atoms with Crippen molar-refractivity contribution in [2.45, 2.75) is 105 Å². The molecule has 0 amide bonds. The lowest BCUT2D eigenvalue weighted by atomic mass is 9.83. The van der Waals surface area contributed by atoms with Crippen LogP contribution in [0.4, 0.5) is 34.1 Å². The van der Waals surface area contributed by atoms with E-state index in [9.17, 15) is 0 Å². The summed E-state index contributed by atoms with van der Waals surface area (Å²) in [6.07, 6.45) is 0. The van der Waals surface area contributed by atoms with E-state index in [1.54, 1.807) is 11.3 Å². The quantitative estimate of drug-likeness (QED) is 0.147. The topological polar surface area (TPSA) is 6.48 Å². The fraction of sp³-hybridized carbons (Fsp3) is 0.250. The molecule has 1 heterocycles. The highest BCUT2D eigenvalue weighted by Crippen LogP contribution is 2.53. The predicted molar refractivity (Wildman–Crippen MR) is 300 cm³/mol. The minimum absolute atomic E-state index is 0.0140. The minimum Gasteiger partial charge on any atom is -0.308 e. The summed E-state index contributed by atoms with van der Waals surface area (Å²) < 4.78 is 1.25. The van der Waals surface area contributed by atoms with Gasteiger partial charge in [-0.05, 0) is 142 Å². The normalized spacial score (nSPS) is 12.8. The minimum atomic E-state index is -0.223. The molecule has 4 heteroatoms. The first-order valence-corrected chi connectivity index (χ1v) is 25.4. The van der Waals surface area contributed by atoms with Gasteiger partial charge in [-0.25, -0.2) is 0 Å². The first-order chi connectivity index (χ1) is 32.2. The molecule has 0 radical (unpaired) electrons. The van der Waals surface area contributed by atoms with Gasteiger partial charge in [-0.15, -0.1) is 11.3 Å². The maximum atomic E-state index is 8.27. The lowest BCUT2D eigenvalue weighted by Gasteiger charge is -2.35. The molecule has 68 heavy (non-hydrogen) atoms. The maximum Gasteiger partial charge on any atom is 0.0887 e. The molecule has 9 aromatic carbocycles. The molecule has 342 valence electrons. The van der Waals surface area contributed by atoms with E-state index in [0.717, 1.165) is 39.7 Å². The summed E-state index contributed by atoms with van der Waals surface area (Å²) in [5.74, 6) is 0. The van der Waals surface area contributed by atoms with Crippen LogP contribution in [0.3, 0.4) is 0 Å². The van der Waals surface area contributed by atoms with E-state index in [1.807, 2.05) is 0 Å². The fourth-order valence-corrected chi connectivity index (χ4v) is 11.1. The van der Waals surface area contributed by atoms with Crippen LogP contribution in [0.25, 0.3) is 53.5 Å². The number of halogens is 1. The highest BCUT2D eigenvalue weighted by atomic mass is 35.5. The van der Waals surface area contributed by atoms with E-state index in [2.05, 4.69) is 256 Å². The largest absolute Gasteiger partial charge is 0.308 e. The van der Waals surface area contributed by atoms with Gasteiger partial charge in [-0.3, -0.25) is 0 Å². The van der Waals surface area contributed by atoms with Crippen molar-refractivity contribution in [1.29, 1.82) is 0 Å². The van der Waals surface area contributed by atoms with Crippen molar-refractivity contribution in [3.63, 3.8) is 0 Å². The van der Waals surface area contributed by atoms with E-state index in [0.29, 0.717) is 5.02 Å². The third-order valence-electron chi connectivity index (χ3n) is 14.0. The summed E-state index contributed by atoms with van der Waals surface area (Å²) >= 11 is 10.1. The van der Waals surface area contributed by atoms with Crippen molar-refractivity contribution < 1.29 is 0 Å². The second kappa shape index (κ2) is 16.5. The average molecular weight is 928 g/mol. The van der Waals surface area contributed by atoms with Gasteiger partial charge in [0.25, 0.3) is 0 Å². The van der Waals surface area contributed by atoms with E-state index in [1.165, 1.54) is 70.2 Å². The molecule has 2 nitrogen and oxygen atoms in total. The Morgan fingerprint density at radius 1 is 0.368 bits per heavy atom. The van der Waals surface area contributed by atoms with Crippen molar-refractivity contribution >= 4 is 99.5 Å². The Hall–Kier alpha value is -6.13. The van der Waals surface area contributed by atoms with Crippen LogP contribution >= 0.6 is 22.9 Å². The average Bonchev–Trinajstić information content (AvgIpc) is 3.71. The number of anilines is 6. The van der Waals surface area contributed by atoms with Gasteiger partial charge in [-0.1, -0.05) is 192 Å². The second-order valence-electron chi connectivity index (χ2n) is 22.9. The lowest BCUT2D eigenvalue weighted by Crippen LogP contribution is -2.19. The molecule has 0 unspecified atom stereocenters. The van der Waals surface area contributed by atoms with Crippen LogP contribution in [0.15, 0.2) is 163 Å². The molecule has 1 aromatic heterocycles. The Morgan fingerprint density at radius 3 is 1.50 bits per heavy atom. The summed E-state index contributed by atoms with van der Waals surface area (Å²) in [5, 5.41) is 11.8. The van der Waals surface area contributed by atoms with Crippen LogP contribution in [0.1, 0.15) is 105 Å². The zero-order valence-electron chi connectivity index (χ0n) is 41.8. The molecular weight excluding hydrogens is 864 g/mol. The van der Waals surface area contributed by atoms with Gasteiger partial charge in [0.05, 0.1) is 27.8 Å². The van der Waals surface area contributed by atoms with E-state index in [-0.39, 0.29) is 21.7 Å². The summed E-state index contributed by atoms with van der Waals surface area (Å²) in [5.41, 5.74) is 13.2. The van der Waals surface area contributed by atoms with Crippen LogP contribution in [-0.4, -0.2) is 0 Å². The molecule has 0 saturated carbocycles. The van der Waals surface area contributed by atoms with Crippen LogP contribution < -0.4 is 9.80 Å². The van der Waals surface area contributed by atoms with Gasteiger partial charge in [0.15, 0.2) is 0 Å². The Bertz CT molecular complexity index is 3480. The van der Waals surface area contributed by atoms with Crippen LogP contribution in [0, 0.1) is 0 Å². The molecular formula is C64H63ClN2S. The van der Waals surface area contributed by atoms with E-state index in [4.69, 9.17) is 11.6 Å². The monoisotopic (exact) mass is 926 g/mol. The third-order valence-corrected chi connectivity index (χ3v) is 15.3. The van der Waals surface area contributed by atoms with Crippen LogP contribution in [0.2, 0.25) is 5.02 Å². The van der Waals surface area contributed by atoms with Gasteiger partial charge in [0.2, 0.25) is 0 Å². The van der Waals surface area contributed by atoms with Crippen molar-refractivity contribution in [2.24, 2.45) is 0 Å². The number of nitrogens with zero attached hydrogens (tertiary/aromatic N) is 2. The Balaban J connectivity index is 1.30. The highest BCUT2D eigenvalue weighted by molar-refractivity contribution is 7.17.